The number of ether oxygens (including phenoxy) is 1. The van der Waals surface area contributed by atoms with Gasteiger partial charge in [-0.1, -0.05) is 62.2 Å². The third-order valence-electron chi connectivity index (χ3n) is 4.95. The molecule has 1 N–H and O–H groups in total. The van der Waals surface area contributed by atoms with E-state index in [1.807, 2.05) is 45.0 Å². The van der Waals surface area contributed by atoms with Crippen molar-refractivity contribution in [3.8, 4) is 5.75 Å². The molecule has 7 heteroatoms. The molecule has 0 fully saturated rings. The lowest BCUT2D eigenvalue weighted by atomic mass is 10.1. The summed E-state index contributed by atoms with van der Waals surface area (Å²) in [6, 6.07) is 12.0. The summed E-state index contributed by atoms with van der Waals surface area (Å²) in [6.45, 7) is 6.77. The van der Waals surface area contributed by atoms with E-state index >= 15 is 0 Å². The van der Waals surface area contributed by atoms with Crippen LogP contribution < -0.4 is 10.1 Å². The Labute approximate surface area is 194 Å². The average molecular weight is 465 g/mol. The lowest BCUT2D eigenvalue weighted by Gasteiger charge is -2.31. The molecular weight excluding hydrogens is 435 g/mol. The Balaban J connectivity index is 2.35. The van der Waals surface area contributed by atoms with Gasteiger partial charge in [0, 0.05) is 23.1 Å². The van der Waals surface area contributed by atoms with Crippen LogP contribution in [0.1, 0.15) is 38.3 Å². The third kappa shape index (κ3) is 7.15. The molecule has 0 saturated heterocycles. The second kappa shape index (κ2) is 12.0. The molecule has 0 spiro atoms. The highest BCUT2D eigenvalue weighted by Gasteiger charge is 2.29. The van der Waals surface area contributed by atoms with Gasteiger partial charge in [0.25, 0.3) is 0 Å². The van der Waals surface area contributed by atoms with Crippen LogP contribution in [0.5, 0.6) is 5.75 Å². The summed E-state index contributed by atoms with van der Waals surface area (Å²) in [5, 5.41) is 3.81. The van der Waals surface area contributed by atoms with E-state index in [4.69, 9.17) is 27.9 Å². The molecule has 0 saturated carbocycles. The Kier molecular flexibility index (Phi) is 9.66. The lowest BCUT2D eigenvalue weighted by molar-refractivity contribution is -0.141. The topological polar surface area (TPSA) is 58.6 Å². The van der Waals surface area contributed by atoms with Crippen LogP contribution >= 0.6 is 23.2 Å². The van der Waals surface area contributed by atoms with E-state index in [-0.39, 0.29) is 24.8 Å². The van der Waals surface area contributed by atoms with Gasteiger partial charge in [0.05, 0.1) is 13.5 Å². The van der Waals surface area contributed by atoms with E-state index in [0.717, 1.165) is 5.56 Å². The Morgan fingerprint density at radius 1 is 1.10 bits per heavy atom. The normalized spacial score (nSPS) is 11.8. The SMILES string of the molecule is CC[C@H](C(=O)NCC(C)C)N(Cc1cccc(OC)c1)C(=O)Cc1c(Cl)cccc1Cl. The number of carbonyl (C=O) groups excluding carboxylic acids is 2. The van der Waals surface area contributed by atoms with Crippen LogP contribution in [0.25, 0.3) is 0 Å². The first-order valence-corrected chi connectivity index (χ1v) is 11.1. The Hall–Kier alpha value is -2.24. The zero-order valence-corrected chi connectivity index (χ0v) is 20.0. The van der Waals surface area contributed by atoms with Crippen LogP contribution in [-0.4, -0.2) is 36.4 Å². The highest BCUT2D eigenvalue weighted by molar-refractivity contribution is 6.36. The summed E-state index contributed by atoms with van der Waals surface area (Å²) in [5.74, 6) is 0.615. The highest BCUT2D eigenvalue weighted by atomic mass is 35.5. The van der Waals surface area contributed by atoms with E-state index in [0.29, 0.717) is 40.2 Å². The molecule has 0 aromatic heterocycles. The smallest absolute Gasteiger partial charge is 0.242 e. The first-order chi connectivity index (χ1) is 14.8. The number of hydrogen-bond acceptors (Lipinski definition) is 3. The molecule has 2 rings (SSSR count). The summed E-state index contributed by atoms with van der Waals surface area (Å²) >= 11 is 12.6. The van der Waals surface area contributed by atoms with Crippen LogP contribution in [-0.2, 0) is 22.6 Å². The second-order valence-electron chi connectivity index (χ2n) is 7.81. The molecule has 2 amide bonds. The van der Waals surface area contributed by atoms with Gasteiger partial charge in [-0.15, -0.1) is 0 Å². The van der Waals surface area contributed by atoms with Crippen LogP contribution in [0.2, 0.25) is 10.0 Å². The quantitative estimate of drug-likeness (QED) is 0.530. The minimum Gasteiger partial charge on any atom is -0.497 e. The van der Waals surface area contributed by atoms with Crippen LogP contribution in [0, 0.1) is 5.92 Å². The van der Waals surface area contributed by atoms with Gasteiger partial charge < -0.3 is 15.0 Å². The number of nitrogens with zero attached hydrogens (tertiary/aromatic N) is 1. The molecule has 1 atom stereocenters. The minimum absolute atomic E-state index is 0.0104. The van der Waals surface area contributed by atoms with E-state index in [2.05, 4.69) is 5.32 Å². The number of rotatable bonds is 10. The van der Waals surface area contributed by atoms with Gasteiger partial charge in [0.2, 0.25) is 11.8 Å². The van der Waals surface area contributed by atoms with Crippen LogP contribution in [0.3, 0.4) is 0 Å². The number of amides is 2. The van der Waals surface area contributed by atoms with Crippen molar-refractivity contribution in [1.82, 2.24) is 10.2 Å². The number of benzene rings is 2. The molecule has 0 bridgehead atoms. The number of halogens is 2. The first kappa shape index (κ1) is 25.0. The van der Waals surface area contributed by atoms with E-state index in [1.54, 1.807) is 30.2 Å². The largest absolute Gasteiger partial charge is 0.497 e. The van der Waals surface area contributed by atoms with Gasteiger partial charge in [-0.05, 0) is 47.7 Å². The monoisotopic (exact) mass is 464 g/mol. The van der Waals surface area contributed by atoms with Gasteiger partial charge in [0.15, 0.2) is 0 Å². The van der Waals surface area contributed by atoms with Crippen molar-refractivity contribution in [2.24, 2.45) is 5.92 Å². The summed E-state index contributed by atoms with van der Waals surface area (Å²) in [4.78, 5) is 28.0. The molecule has 0 aliphatic heterocycles. The fourth-order valence-corrected chi connectivity index (χ4v) is 3.79. The van der Waals surface area contributed by atoms with E-state index in [1.165, 1.54) is 0 Å². The zero-order chi connectivity index (χ0) is 23.0. The Morgan fingerprint density at radius 2 is 1.74 bits per heavy atom. The van der Waals surface area contributed by atoms with Gasteiger partial charge >= 0.3 is 0 Å². The predicted octanol–water partition coefficient (Wildman–Crippen LogP) is 5.12. The molecule has 0 aliphatic rings. The molecule has 0 radical (unpaired) electrons. The first-order valence-electron chi connectivity index (χ1n) is 10.4. The summed E-state index contributed by atoms with van der Waals surface area (Å²) in [5.41, 5.74) is 1.43. The minimum atomic E-state index is -0.612. The van der Waals surface area contributed by atoms with E-state index < -0.39 is 6.04 Å². The van der Waals surface area contributed by atoms with Gasteiger partial charge in [-0.3, -0.25) is 9.59 Å². The highest BCUT2D eigenvalue weighted by Crippen LogP contribution is 2.26. The summed E-state index contributed by atoms with van der Waals surface area (Å²) in [7, 11) is 1.59. The molecule has 168 valence electrons. The lowest BCUT2D eigenvalue weighted by Crippen LogP contribution is -2.50. The summed E-state index contributed by atoms with van der Waals surface area (Å²) in [6.07, 6.45) is 0.492. The van der Waals surface area contributed by atoms with Gasteiger partial charge in [0.1, 0.15) is 11.8 Å². The Morgan fingerprint density at radius 3 is 2.32 bits per heavy atom. The molecule has 2 aromatic carbocycles. The molecule has 2 aromatic rings. The fraction of sp³-hybridized carbons (Fsp3) is 0.417. The molecule has 0 heterocycles. The van der Waals surface area contributed by atoms with Crippen molar-refractivity contribution in [2.45, 2.75) is 46.2 Å². The Bertz CT molecular complexity index is 882. The van der Waals surface area contributed by atoms with Crippen LogP contribution in [0.15, 0.2) is 42.5 Å². The number of nitrogens with one attached hydrogen (secondary N) is 1. The van der Waals surface area contributed by atoms with E-state index in [9.17, 15) is 9.59 Å². The fourth-order valence-electron chi connectivity index (χ4n) is 3.26. The van der Waals surface area contributed by atoms with Gasteiger partial charge in [-0.25, -0.2) is 0 Å². The zero-order valence-electron chi connectivity index (χ0n) is 18.5. The molecule has 5 nitrogen and oxygen atoms in total. The van der Waals surface area contributed by atoms with Crippen molar-refractivity contribution >= 4 is 35.0 Å². The van der Waals surface area contributed by atoms with Crippen molar-refractivity contribution in [3.63, 3.8) is 0 Å². The maximum Gasteiger partial charge on any atom is 0.242 e. The number of methoxy groups -OCH3 is 1. The van der Waals surface area contributed by atoms with Crippen molar-refractivity contribution < 1.29 is 14.3 Å². The molecular formula is C24H30Cl2N2O3. The number of hydrogen-bond donors (Lipinski definition) is 1. The third-order valence-corrected chi connectivity index (χ3v) is 5.66. The van der Waals surface area contributed by atoms with Crippen molar-refractivity contribution in [1.29, 1.82) is 0 Å². The van der Waals surface area contributed by atoms with Crippen LogP contribution in [0.4, 0.5) is 0 Å². The second-order valence-corrected chi connectivity index (χ2v) is 8.63. The summed E-state index contributed by atoms with van der Waals surface area (Å²) < 4.78 is 5.31. The van der Waals surface area contributed by atoms with Crippen molar-refractivity contribution in [3.05, 3.63) is 63.6 Å². The maximum absolute atomic E-state index is 13.4. The standard InChI is InChI=1S/C24H30Cl2N2O3/c1-5-22(24(30)27-14-16(2)3)28(15-17-8-6-9-18(12-17)31-4)23(29)13-19-20(25)10-7-11-21(19)26/h6-12,16,22H,5,13-15H2,1-4H3,(H,27,30)/t22-/m1/s1. The number of carbonyl (C=O) groups is 2. The van der Waals surface area contributed by atoms with Crippen molar-refractivity contribution in [2.75, 3.05) is 13.7 Å². The van der Waals surface area contributed by atoms with Gasteiger partial charge in [-0.2, -0.15) is 0 Å². The maximum atomic E-state index is 13.4. The average Bonchev–Trinajstić information content (AvgIpc) is 2.74. The molecule has 0 aliphatic carbocycles. The molecule has 31 heavy (non-hydrogen) atoms. The molecule has 0 unspecified atom stereocenters. The predicted molar refractivity (Wildman–Crippen MR) is 126 cm³/mol.